The normalized spacial score (nSPS) is 9.87. The Morgan fingerprint density at radius 2 is 1.73 bits per heavy atom. The maximum atomic E-state index is 5.44. The molecule has 0 atom stereocenters. The molecule has 0 aliphatic heterocycles. The Morgan fingerprint density at radius 1 is 1.20 bits per heavy atom. The number of benzene rings is 1. The van der Waals surface area contributed by atoms with Gasteiger partial charge in [-0.3, -0.25) is 0 Å². The van der Waals surface area contributed by atoms with Crippen molar-refractivity contribution in [2.45, 2.75) is 26.8 Å². The Hall–Kier alpha value is -0.730. The summed E-state index contributed by atoms with van der Waals surface area (Å²) in [6.45, 7) is 4.80. The number of aryl methyl sites for hydroxylation is 1. The van der Waals surface area contributed by atoms with Gasteiger partial charge in [0.05, 0.1) is 0 Å². The second-order valence-corrected chi connectivity index (χ2v) is 3.82. The first-order valence-electron chi connectivity index (χ1n) is 5.20. The van der Waals surface area contributed by atoms with E-state index in [-0.39, 0.29) is 0 Å². The first-order chi connectivity index (χ1) is 7.28. The Kier molecular flexibility index (Phi) is 9.33. The van der Waals surface area contributed by atoms with E-state index in [4.69, 9.17) is 5.73 Å². The zero-order valence-electron chi connectivity index (χ0n) is 9.86. The zero-order valence-corrected chi connectivity index (χ0v) is 10.7. The molecule has 0 saturated carbocycles. The Morgan fingerprint density at radius 3 is 2.00 bits per heavy atom. The van der Waals surface area contributed by atoms with Crippen LogP contribution in [0.25, 0.3) is 0 Å². The highest BCUT2D eigenvalue weighted by Gasteiger charge is 1.88. The molecule has 2 heteroatoms. The minimum absolute atomic E-state index is 0.643. The highest BCUT2D eigenvalue weighted by Crippen LogP contribution is 2.03. The van der Waals surface area contributed by atoms with Gasteiger partial charge in [-0.1, -0.05) is 37.3 Å². The molecule has 0 heterocycles. The van der Waals surface area contributed by atoms with Gasteiger partial charge in [0.25, 0.3) is 0 Å². The van der Waals surface area contributed by atoms with Crippen molar-refractivity contribution >= 4 is 11.8 Å². The van der Waals surface area contributed by atoms with Gasteiger partial charge in [-0.25, -0.2) is 0 Å². The number of hydrogen-bond donors (Lipinski definition) is 1. The molecular weight excluding hydrogens is 202 g/mol. The van der Waals surface area contributed by atoms with Gasteiger partial charge in [-0.2, -0.15) is 0 Å². The maximum absolute atomic E-state index is 5.44. The van der Waals surface area contributed by atoms with Crippen molar-refractivity contribution in [1.82, 2.24) is 0 Å². The SMILES string of the molecule is C/C=C/SC.CCc1ccc(CN)cc1. The van der Waals surface area contributed by atoms with Gasteiger partial charge in [0.1, 0.15) is 0 Å². The first kappa shape index (κ1) is 14.3. The van der Waals surface area contributed by atoms with Crippen LogP contribution in [0, 0.1) is 0 Å². The van der Waals surface area contributed by atoms with Crippen molar-refractivity contribution in [1.29, 1.82) is 0 Å². The molecule has 15 heavy (non-hydrogen) atoms. The number of allylic oxidation sites excluding steroid dienone is 1. The van der Waals surface area contributed by atoms with Crippen LogP contribution in [0.2, 0.25) is 0 Å². The fraction of sp³-hybridized carbons (Fsp3) is 0.385. The Balaban J connectivity index is 0.000000336. The molecule has 1 aromatic carbocycles. The van der Waals surface area contributed by atoms with Crippen molar-refractivity contribution in [3.05, 3.63) is 46.9 Å². The van der Waals surface area contributed by atoms with E-state index in [9.17, 15) is 0 Å². The molecule has 0 amide bonds. The minimum Gasteiger partial charge on any atom is -0.326 e. The molecule has 0 bridgehead atoms. The third-order valence-electron chi connectivity index (χ3n) is 1.94. The molecule has 0 saturated heterocycles. The van der Waals surface area contributed by atoms with E-state index in [1.165, 1.54) is 11.1 Å². The van der Waals surface area contributed by atoms with Gasteiger partial charge in [0.2, 0.25) is 0 Å². The lowest BCUT2D eigenvalue weighted by Crippen LogP contribution is -1.95. The highest BCUT2D eigenvalue weighted by molar-refractivity contribution is 8.01. The number of hydrogen-bond acceptors (Lipinski definition) is 2. The second kappa shape index (κ2) is 9.81. The van der Waals surface area contributed by atoms with E-state index in [1.54, 1.807) is 11.8 Å². The molecule has 1 nitrogen and oxygen atoms in total. The molecule has 0 spiro atoms. The van der Waals surface area contributed by atoms with Crippen LogP contribution in [0.15, 0.2) is 35.7 Å². The highest BCUT2D eigenvalue weighted by atomic mass is 32.2. The Labute approximate surface area is 97.8 Å². The van der Waals surface area contributed by atoms with E-state index in [1.807, 2.05) is 24.7 Å². The lowest BCUT2D eigenvalue weighted by Gasteiger charge is -1.97. The third-order valence-corrected chi connectivity index (χ3v) is 2.48. The fourth-order valence-corrected chi connectivity index (χ4v) is 1.32. The van der Waals surface area contributed by atoms with E-state index in [0.717, 1.165) is 6.42 Å². The van der Waals surface area contributed by atoms with Crippen molar-refractivity contribution in [3.8, 4) is 0 Å². The van der Waals surface area contributed by atoms with Gasteiger partial charge >= 0.3 is 0 Å². The summed E-state index contributed by atoms with van der Waals surface area (Å²) in [5.41, 5.74) is 8.02. The van der Waals surface area contributed by atoms with Crippen LogP contribution < -0.4 is 5.73 Å². The summed E-state index contributed by atoms with van der Waals surface area (Å²) in [5.74, 6) is 0. The third kappa shape index (κ3) is 7.23. The molecule has 2 N–H and O–H groups in total. The monoisotopic (exact) mass is 223 g/mol. The predicted octanol–water partition coefficient (Wildman–Crippen LogP) is 3.59. The quantitative estimate of drug-likeness (QED) is 0.847. The van der Waals surface area contributed by atoms with Gasteiger partial charge in [0.15, 0.2) is 0 Å². The van der Waals surface area contributed by atoms with Crippen LogP contribution in [0.1, 0.15) is 25.0 Å². The van der Waals surface area contributed by atoms with Gasteiger partial charge < -0.3 is 5.73 Å². The van der Waals surface area contributed by atoms with Crippen molar-refractivity contribution < 1.29 is 0 Å². The van der Waals surface area contributed by atoms with Gasteiger partial charge in [-0.05, 0) is 36.1 Å². The van der Waals surface area contributed by atoms with Crippen LogP contribution in [-0.4, -0.2) is 6.26 Å². The molecule has 1 aromatic rings. The number of nitrogens with two attached hydrogens (primary N) is 1. The first-order valence-corrected chi connectivity index (χ1v) is 6.49. The fourth-order valence-electron chi connectivity index (χ4n) is 1.05. The van der Waals surface area contributed by atoms with Crippen molar-refractivity contribution in [3.63, 3.8) is 0 Å². The lowest BCUT2D eigenvalue weighted by molar-refractivity contribution is 1.06. The number of rotatable bonds is 3. The largest absolute Gasteiger partial charge is 0.326 e. The van der Waals surface area contributed by atoms with Gasteiger partial charge in [0, 0.05) is 6.54 Å². The van der Waals surface area contributed by atoms with E-state index < -0.39 is 0 Å². The molecule has 0 fully saturated rings. The number of thioether (sulfide) groups is 1. The summed E-state index contributed by atoms with van der Waals surface area (Å²) in [7, 11) is 0. The maximum Gasteiger partial charge on any atom is 0.0178 e. The summed E-state index contributed by atoms with van der Waals surface area (Å²) >= 11 is 1.72. The molecular formula is C13H21NS. The summed E-state index contributed by atoms with van der Waals surface area (Å²) in [6.07, 6.45) is 5.16. The van der Waals surface area contributed by atoms with Crippen LogP contribution in [-0.2, 0) is 13.0 Å². The molecule has 0 unspecified atom stereocenters. The molecule has 0 aromatic heterocycles. The molecule has 0 aliphatic rings. The summed E-state index contributed by atoms with van der Waals surface area (Å²) < 4.78 is 0. The average Bonchev–Trinajstić information content (AvgIpc) is 2.31. The minimum atomic E-state index is 0.643. The Bertz CT molecular complexity index is 241. The van der Waals surface area contributed by atoms with Crippen molar-refractivity contribution in [2.24, 2.45) is 5.73 Å². The van der Waals surface area contributed by atoms with E-state index in [0.29, 0.717) is 6.54 Å². The summed E-state index contributed by atoms with van der Waals surface area (Å²) in [5, 5.41) is 2.04. The molecule has 84 valence electrons. The molecule has 0 radical (unpaired) electrons. The zero-order chi connectivity index (χ0) is 11.5. The summed E-state index contributed by atoms with van der Waals surface area (Å²) in [6, 6.07) is 8.42. The van der Waals surface area contributed by atoms with Crippen LogP contribution in [0.5, 0.6) is 0 Å². The van der Waals surface area contributed by atoms with E-state index >= 15 is 0 Å². The summed E-state index contributed by atoms with van der Waals surface area (Å²) in [4.78, 5) is 0. The van der Waals surface area contributed by atoms with Crippen LogP contribution in [0.3, 0.4) is 0 Å². The molecule has 0 aliphatic carbocycles. The average molecular weight is 223 g/mol. The van der Waals surface area contributed by atoms with Crippen LogP contribution >= 0.6 is 11.8 Å². The van der Waals surface area contributed by atoms with Gasteiger partial charge in [-0.15, -0.1) is 11.8 Å². The predicted molar refractivity (Wildman–Crippen MR) is 72.0 cm³/mol. The standard InChI is InChI=1S/C9H13N.C4H8S/c1-2-8-3-5-9(7-10)6-4-8;1-3-4-5-2/h3-6H,2,7,10H2,1H3;3-4H,1-2H3/b;4-3+. The smallest absolute Gasteiger partial charge is 0.0178 e. The topological polar surface area (TPSA) is 26.0 Å². The van der Waals surface area contributed by atoms with E-state index in [2.05, 4.69) is 31.2 Å². The van der Waals surface area contributed by atoms with Crippen molar-refractivity contribution in [2.75, 3.05) is 6.26 Å². The van der Waals surface area contributed by atoms with Crippen LogP contribution in [0.4, 0.5) is 0 Å². The molecule has 1 rings (SSSR count). The second-order valence-electron chi connectivity index (χ2n) is 3.08. The lowest BCUT2D eigenvalue weighted by atomic mass is 10.1.